The molecule has 8 nitrogen and oxygen atoms in total. The fourth-order valence-electron chi connectivity index (χ4n) is 3.54. The quantitative estimate of drug-likeness (QED) is 0.374. The van der Waals surface area contributed by atoms with Crippen LogP contribution in [0.5, 0.6) is 0 Å². The number of benzene rings is 2. The minimum Gasteiger partial charge on any atom is -0.459 e. The third-order valence-electron chi connectivity index (χ3n) is 5.19. The highest BCUT2D eigenvalue weighted by Gasteiger charge is 2.35. The molecule has 1 aliphatic heterocycles. The van der Waals surface area contributed by atoms with Gasteiger partial charge < -0.3 is 4.74 Å². The van der Waals surface area contributed by atoms with Crippen LogP contribution in [0, 0.1) is 12.7 Å². The summed E-state index contributed by atoms with van der Waals surface area (Å²) in [6.07, 6.45) is -0.170. The summed E-state index contributed by atoms with van der Waals surface area (Å²) in [4.78, 5) is 55.8. The maximum absolute atomic E-state index is 14.2. The zero-order valence-electron chi connectivity index (χ0n) is 18.4. The van der Waals surface area contributed by atoms with Gasteiger partial charge in [-0.25, -0.2) is 9.37 Å². The molecule has 4 rings (SSSR count). The Labute approximate surface area is 198 Å². The predicted molar refractivity (Wildman–Crippen MR) is 122 cm³/mol. The third kappa shape index (κ3) is 4.58. The van der Waals surface area contributed by atoms with Crippen molar-refractivity contribution in [2.24, 2.45) is 0 Å². The molecule has 10 heteroatoms. The lowest BCUT2D eigenvalue weighted by Gasteiger charge is -2.18. The number of para-hydroxylation sites is 1. The van der Waals surface area contributed by atoms with E-state index >= 15 is 0 Å². The Bertz CT molecular complexity index is 1310. The van der Waals surface area contributed by atoms with Gasteiger partial charge in [0.05, 0.1) is 28.9 Å². The van der Waals surface area contributed by atoms with Crippen molar-refractivity contribution < 1.29 is 28.3 Å². The van der Waals surface area contributed by atoms with Gasteiger partial charge in [-0.1, -0.05) is 23.8 Å². The first-order valence-corrected chi connectivity index (χ1v) is 11.3. The number of esters is 1. The Morgan fingerprint density at radius 3 is 2.59 bits per heavy atom. The molecule has 0 saturated heterocycles. The molecule has 0 N–H and O–H groups in total. The van der Waals surface area contributed by atoms with E-state index in [0.29, 0.717) is 16.8 Å². The van der Waals surface area contributed by atoms with Crippen LogP contribution in [0.4, 0.5) is 15.2 Å². The van der Waals surface area contributed by atoms with Gasteiger partial charge in [0.25, 0.3) is 11.8 Å². The molecule has 2 aromatic carbocycles. The van der Waals surface area contributed by atoms with Crippen LogP contribution < -0.4 is 4.90 Å². The zero-order valence-corrected chi connectivity index (χ0v) is 19.2. The van der Waals surface area contributed by atoms with Crippen molar-refractivity contribution in [3.8, 4) is 0 Å². The van der Waals surface area contributed by atoms with Gasteiger partial charge >= 0.3 is 5.97 Å². The van der Waals surface area contributed by atoms with Crippen LogP contribution in [-0.2, 0) is 20.9 Å². The molecule has 0 saturated carbocycles. The fourth-order valence-corrected chi connectivity index (χ4v) is 4.41. The lowest BCUT2D eigenvalue weighted by Crippen LogP contribution is -2.32. The van der Waals surface area contributed by atoms with Crippen molar-refractivity contribution in [3.05, 3.63) is 76.0 Å². The Balaban J connectivity index is 1.35. The van der Waals surface area contributed by atoms with Crippen LogP contribution in [0.3, 0.4) is 0 Å². The Morgan fingerprint density at radius 2 is 1.85 bits per heavy atom. The highest BCUT2D eigenvalue weighted by atomic mass is 32.1. The number of ether oxygens (including phenoxy) is 1. The lowest BCUT2D eigenvalue weighted by atomic mass is 10.1. The summed E-state index contributed by atoms with van der Waals surface area (Å²) in [7, 11) is 0. The first-order chi connectivity index (χ1) is 16.3. The van der Waals surface area contributed by atoms with Crippen LogP contribution in [0.15, 0.2) is 47.8 Å². The van der Waals surface area contributed by atoms with Gasteiger partial charge in [0.1, 0.15) is 12.4 Å². The van der Waals surface area contributed by atoms with E-state index in [1.807, 2.05) is 6.92 Å². The van der Waals surface area contributed by atoms with Gasteiger partial charge in [-0.3, -0.25) is 29.0 Å². The molecule has 3 aromatic rings. The summed E-state index contributed by atoms with van der Waals surface area (Å²) in [5.41, 5.74) is 1.97. The number of halogens is 1. The van der Waals surface area contributed by atoms with Gasteiger partial charge in [-0.15, -0.1) is 11.3 Å². The molecular formula is C24H20FN3O5S. The van der Waals surface area contributed by atoms with Crippen LogP contribution in [0.25, 0.3) is 0 Å². The number of hydrogen-bond acceptors (Lipinski definition) is 7. The average molecular weight is 482 g/mol. The van der Waals surface area contributed by atoms with Crippen LogP contribution >= 0.6 is 11.3 Å². The van der Waals surface area contributed by atoms with Crippen molar-refractivity contribution in [1.29, 1.82) is 0 Å². The van der Waals surface area contributed by atoms with Crippen molar-refractivity contribution >= 4 is 45.8 Å². The number of carbonyl (C=O) groups excluding carboxylic acids is 4. The number of aromatic nitrogens is 1. The number of anilines is 2. The second-order valence-electron chi connectivity index (χ2n) is 7.65. The summed E-state index contributed by atoms with van der Waals surface area (Å²) in [6, 6.07) is 10.9. The predicted octanol–water partition coefficient (Wildman–Crippen LogP) is 4.00. The number of rotatable bonds is 7. The molecule has 0 atom stereocenters. The Hall–Kier alpha value is -3.92. The summed E-state index contributed by atoms with van der Waals surface area (Å²) in [6.45, 7) is 2.86. The SMILES string of the molecule is CC(=O)N(c1nc(COC(=O)CCN2C(=O)c3ccc(C)cc3C2=O)cs1)c1ccccc1F. The topological polar surface area (TPSA) is 96.9 Å². The van der Waals surface area contributed by atoms with Gasteiger partial charge in [-0.05, 0) is 31.2 Å². The molecule has 0 unspecified atom stereocenters. The van der Waals surface area contributed by atoms with E-state index in [0.717, 1.165) is 26.7 Å². The molecule has 1 aromatic heterocycles. The lowest BCUT2D eigenvalue weighted by molar-refractivity contribution is -0.145. The van der Waals surface area contributed by atoms with E-state index in [2.05, 4.69) is 4.98 Å². The number of hydrogen-bond donors (Lipinski definition) is 0. The standard InChI is InChI=1S/C24H20FN3O5S/c1-14-7-8-17-18(11-14)23(32)27(22(17)31)10-9-21(30)33-12-16-13-34-24(26-16)28(15(2)29)20-6-4-3-5-19(20)25/h3-8,11,13H,9-10,12H2,1-2H3. The largest absolute Gasteiger partial charge is 0.459 e. The Morgan fingerprint density at radius 1 is 1.12 bits per heavy atom. The van der Waals surface area contributed by atoms with Crippen LogP contribution in [-0.4, -0.2) is 40.1 Å². The minimum atomic E-state index is -0.611. The monoisotopic (exact) mass is 481 g/mol. The highest BCUT2D eigenvalue weighted by molar-refractivity contribution is 7.14. The molecule has 174 valence electrons. The third-order valence-corrected chi connectivity index (χ3v) is 6.06. The van der Waals surface area contributed by atoms with Crippen molar-refractivity contribution in [2.45, 2.75) is 26.9 Å². The van der Waals surface area contributed by atoms with Gasteiger partial charge in [0.15, 0.2) is 5.13 Å². The van der Waals surface area contributed by atoms with Crippen molar-refractivity contribution in [2.75, 3.05) is 11.4 Å². The van der Waals surface area contributed by atoms with E-state index in [1.54, 1.807) is 29.6 Å². The average Bonchev–Trinajstić information content (AvgIpc) is 3.35. The van der Waals surface area contributed by atoms with Gasteiger partial charge in [-0.2, -0.15) is 0 Å². The zero-order chi connectivity index (χ0) is 24.4. The normalized spacial score (nSPS) is 12.6. The van der Waals surface area contributed by atoms with Crippen molar-refractivity contribution in [3.63, 3.8) is 0 Å². The maximum atomic E-state index is 14.2. The number of fused-ring (bicyclic) bond motifs is 1. The Kier molecular flexibility index (Phi) is 6.51. The molecule has 0 fully saturated rings. The number of nitrogens with zero attached hydrogens (tertiary/aromatic N) is 3. The van der Waals surface area contributed by atoms with Crippen LogP contribution in [0.2, 0.25) is 0 Å². The number of thiazole rings is 1. The van der Waals surface area contributed by atoms with Crippen LogP contribution in [0.1, 0.15) is 45.3 Å². The summed E-state index contributed by atoms with van der Waals surface area (Å²) >= 11 is 1.11. The molecule has 0 bridgehead atoms. The van der Waals surface area contributed by atoms with Gasteiger partial charge in [0, 0.05) is 18.8 Å². The number of amides is 3. The smallest absolute Gasteiger partial charge is 0.307 e. The molecule has 1 aliphatic rings. The summed E-state index contributed by atoms with van der Waals surface area (Å²) in [5.74, 6) is -2.46. The highest BCUT2D eigenvalue weighted by Crippen LogP contribution is 2.31. The van der Waals surface area contributed by atoms with E-state index < -0.39 is 29.5 Å². The number of imide groups is 1. The second-order valence-corrected chi connectivity index (χ2v) is 8.49. The van der Waals surface area contributed by atoms with Gasteiger partial charge in [0.2, 0.25) is 5.91 Å². The fraction of sp³-hybridized carbons (Fsp3) is 0.208. The summed E-state index contributed by atoms with van der Waals surface area (Å²) in [5, 5.41) is 1.84. The maximum Gasteiger partial charge on any atom is 0.307 e. The number of carbonyl (C=O) groups is 4. The molecule has 0 aliphatic carbocycles. The first-order valence-electron chi connectivity index (χ1n) is 10.4. The van der Waals surface area contributed by atoms with E-state index in [1.165, 1.54) is 25.1 Å². The second kappa shape index (κ2) is 9.52. The number of aryl methyl sites for hydroxylation is 1. The molecule has 3 amide bonds. The molecule has 0 radical (unpaired) electrons. The van der Waals surface area contributed by atoms with Crippen molar-refractivity contribution in [1.82, 2.24) is 9.88 Å². The molecular weight excluding hydrogens is 461 g/mol. The van der Waals surface area contributed by atoms with E-state index in [9.17, 15) is 23.6 Å². The minimum absolute atomic E-state index is 0.0732. The first kappa shape index (κ1) is 23.2. The van der Waals surface area contributed by atoms with E-state index in [-0.39, 0.29) is 30.4 Å². The molecule has 0 spiro atoms. The van der Waals surface area contributed by atoms with E-state index in [4.69, 9.17) is 4.74 Å². The molecule has 34 heavy (non-hydrogen) atoms. The summed E-state index contributed by atoms with van der Waals surface area (Å²) < 4.78 is 19.4. The molecule has 2 heterocycles.